The van der Waals surface area contributed by atoms with Crippen LogP contribution in [0.4, 0.5) is 0 Å². The van der Waals surface area contributed by atoms with Crippen molar-refractivity contribution in [2.24, 2.45) is 5.92 Å². The number of piperazine rings is 1. The second-order valence-corrected chi connectivity index (χ2v) is 8.06. The molecule has 0 spiro atoms. The Kier molecular flexibility index (Phi) is 6.49. The molecule has 1 atom stereocenters. The van der Waals surface area contributed by atoms with Gasteiger partial charge in [-0.05, 0) is 57.2 Å². The molecule has 1 aliphatic heterocycles. The first-order valence-corrected chi connectivity index (χ1v) is 9.09. The summed E-state index contributed by atoms with van der Waals surface area (Å²) < 4.78 is 5.96. The van der Waals surface area contributed by atoms with E-state index in [0.29, 0.717) is 6.04 Å². The monoisotopic (exact) mass is 318 g/mol. The SMILES string of the molecule is CC(C)CC[C@@H](c1ccc(OC(C)(C)C)cc1)N1CCNCC1. The van der Waals surface area contributed by atoms with Crippen molar-refractivity contribution >= 4 is 0 Å². The van der Waals surface area contributed by atoms with Crippen LogP contribution in [-0.4, -0.2) is 36.7 Å². The average molecular weight is 319 g/mol. The Balaban J connectivity index is 2.10. The van der Waals surface area contributed by atoms with E-state index in [4.69, 9.17) is 4.74 Å². The number of nitrogens with one attached hydrogen (secondary N) is 1. The highest BCUT2D eigenvalue weighted by molar-refractivity contribution is 5.29. The number of hydrogen-bond acceptors (Lipinski definition) is 3. The normalized spacial score (nSPS) is 18.2. The fraction of sp³-hybridized carbons (Fsp3) is 0.700. The molecule has 0 aliphatic carbocycles. The van der Waals surface area contributed by atoms with Crippen LogP contribution in [0.15, 0.2) is 24.3 Å². The van der Waals surface area contributed by atoms with Crippen molar-refractivity contribution in [1.82, 2.24) is 10.2 Å². The summed E-state index contributed by atoms with van der Waals surface area (Å²) in [6.07, 6.45) is 2.51. The van der Waals surface area contributed by atoms with E-state index in [9.17, 15) is 0 Å². The molecular formula is C20H34N2O. The van der Waals surface area contributed by atoms with Crippen molar-refractivity contribution in [1.29, 1.82) is 0 Å². The van der Waals surface area contributed by atoms with E-state index in [2.05, 4.69) is 69.1 Å². The van der Waals surface area contributed by atoms with E-state index < -0.39 is 0 Å². The first-order valence-electron chi connectivity index (χ1n) is 9.09. The molecule has 0 saturated carbocycles. The lowest BCUT2D eigenvalue weighted by Gasteiger charge is -2.36. The quantitative estimate of drug-likeness (QED) is 0.849. The first kappa shape index (κ1) is 18.3. The van der Waals surface area contributed by atoms with Gasteiger partial charge in [-0.3, -0.25) is 4.90 Å². The molecule has 1 aliphatic rings. The number of hydrogen-bond donors (Lipinski definition) is 1. The van der Waals surface area contributed by atoms with Crippen LogP contribution in [0.2, 0.25) is 0 Å². The Hall–Kier alpha value is -1.06. The van der Waals surface area contributed by atoms with Crippen molar-refractivity contribution in [2.75, 3.05) is 26.2 Å². The molecule has 1 N–H and O–H groups in total. The summed E-state index contributed by atoms with van der Waals surface area (Å²) in [5.41, 5.74) is 1.28. The van der Waals surface area contributed by atoms with Gasteiger partial charge in [0.15, 0.2) is 0 Å². The summed E-state index contributed by atoms with van der Waals surface area (Å²) in [7, 11) is 0. The van der Waals surface area contributed by atoms with Crippen molar-refractivity contribution in [3.63, 3.8) is 0 Å². The summed E-state index contributed by atoms with van der Waals surface area (Å²) in [6.45, 7) is 15.4. The van der Waals surface area contributed by atoms with Crippen LogP contribution >= 0.6 is 0 Å². The van der Waals surface area contributed by atoms with Gasteiger partial charge in [-0.15, -0.1) is 0 Å². The molecule has 0 aromatic heterocycles. The maximum Gasteiger partial charge on any atom is 0.120 e. The van der Waals surface area contributed by atoms with E-state index in [1.54, 1.807) is 0 Å². The lowest BCUT2D eigenvalue weighted by Crippen LogP contribution is -2.45. The Labute approximate surface area is 142 Å². The zero-order chi connectivity index (χ0) is 16.9. The maximum atomic E-state index is 5.96. The number of rotatable bonds is 6. The zero-order valence-corrected chi connectivity index (χ0v) is 15.6. The molecular weight excluding hydrogens is 284 g/mol. The van der Waals surface area contributed by atoms with Crippen molar-refractivity contribution in [3.05, 3.63) is 29.8 Å². The zero-order valence-electron chi connectivity index (χ0n) is 15.6. The third kappa shape index (κ3) is 6.15. The summed E-state index contributed by atoms with van der Waals surface area (Å²) in [6, 6.07) is 9.31. The number of ether oxygens (including phenoxy) is 1. The van der Waals surface area contributed by atoms with E-state index in [0.717, 1.165) is 37.8 Å². The molecule has 1 heterocycles. The molecule has 0 radical (unpaired) electrons. The largest absolute Gasteiger partial charge is 0.488 e. The van der Waals surface area contributed by atoms with Gasteiger partial charge in [-0.2, -0.15) is 0 Å². The van der Waals surface area contributed by atoms with Crippen LogP contribution in [-0.2, 0) is 0 Å². The van der Waals surface area contributed by atoms with Gasteiger partial charge in [0.1, 0.15) is 11.4 Å². The highest BCUT2D eigenvalue weighted by atomic mass is 16.5. The highest BCUT2D eigenvalue weighted by Crippen LogP contribution is 2.29. The Morgan fingerprint density at radius 1 is 1.04 bits per heavy atom. The highest BCUT2D eigenvalue weighted by Gasteiger charge is 2.22. The van der Waals surface area contributed by atoms with Crippen LogP contribution in [0, 0.1) is 5.92 Å². The molecule has 3 heteroatoms. The van der Waals surface area contributed by atoms with Gasteiger partial charge in [0.2, 0.25) is 0 Å². The van der Waals surface area contributed by atoms with Gasteiger partial charge >= 0.3 is 0 Å². The fourth-order valence-electron chi connectivity index (χ4n) is 3.16. The Bertz CT molecular complexity index is 456. The van der Waals surface area contributed by atoms with Gasteiger partial charge in [-0.25, -0.2) is 0 Å². The Morgan fingerprint density at radius 2 is 1.65 bits per heavy atom. The summed E-state index contributed by atoms with van der Waals surface area (Å²) in [5, 5.41) is 3.46. The molecule has 1 aromatic rings. The molecule has 23 heavy (non-hydrogen) atoms. The predicted molar refractivity (Wildman–Crippen MR) is 98.1 cm³/mol. The predicted octanol–water partition coefficient (Wildman–Crippen LogP) is 4.25. The third-order valence-electron chi connectivity index (χ3n) is 4.30. The van der Waals surface area contributed by atoms with E-state index >= 15 is 0 Å². The minimum absolute atomic E-state index is 0.142. The molecule has 0 unspecified atom stereocenters. The third-order valence-corrected chi connectivity index (χ3v) is 4.30. The summed E-state index contributed by atoms with van der Waals surface area (Å²) in [5.74, 6) is 1.72. The van der Waals surface area contributed by atoms with Crippen molar-refractivity contribution in [2.45, 2.75) is 59.1 Å². The smallest absolute Gasteiger partial charge is 0.120 e. The lowest BCUT2D eigenvalue weighted by atomic mass is 9.95. The second-order valence-electron chi connectivity index (χ2n) is 8.06. The summed E-state index contributed by atoms with van der Waals surface area (Å²) in [4.78, 5) is 2.64. The van der Waals surface area contributed by atoms with Gasteiger partial charge in [-0.1, -0.05) is 26.0 Å². The molecule has 0 bridgehead atoms. The standard InChI is InChI=1S/C20H34N2O/c1-16(2)6-11-19(22-14-12-21-13-15-22)17-7-9-18(10-8-17)23-20(3,4)5/h7-10,16,19,21H,6,11-15H2,1-5H3/t19-/m0/s1. The van der Waals surface area contributed by atoms with Crippen LogP contribution in [0.3, 0.4) is 0 Å². The fourth-order valence-corrected chi connectivity index (χ4v) is 3.16. The molecule has 1 aromatic carbocycles. The van der Waals surface area contributed by atoms with Crippen molar-refractivity contribution < 1.29 is 4.74 Å². The minimum atomic E-state index is -0.142. The Morgan fingerprint density at radius 3 is 2.17 bits per heavy atom. The molecule has 0 amide bonds. The van der Waals surface area contributed by atoms with Crippen LogP contribution in [0.1, 0.15) is 59.1 Å². The first-order chi connectivity index (χ1) is 10.8. The molecule has 2 rings (SSSR count). The molecule has 1 fully saturated rings. The van der Waals surface area contributed by atoms with Gasteiger partial charge in [0, 0.05) is 32.2 Å². The van der Waals surface area contributed by atoms with Crippen LogP contribution in [0.5, 0.6) is 5.75 Å². The number of benzene rings is 1. The van der Waals surface area contributed by atoms with E-state index in [-0.39, 0.29) is 5.60 Å². The number of nitrogens with zero attached hydrogens (tertiary/aromatic N) is 1. The second kappa shape index (κ2) is 8.16. The van der Waals surface area contributed by atoms with Gasteiger partial charge in [0.25, 0.3) is 0 Å². The van der Waals surface area contributed by atoms with Crippen molar-refractivity contribution in [3.8, 4) is 5.75 Å². The average Bonchev–Trinajstić information content (AvgIpc) is 2.48. The lowest BCUT2D eigenvalue weighted by molar-refractivity contribution is 0.130. The van der Waals surface area contributed by atoms with E-state index in [1.165, 1.54) is 18.4 Å². The van der Waals surface area contributed by atoms with E-state index in [1.807, 2.05) is 0 Å². The van der Waals surface area contributed by atoms with Gasteiger partial charge < -0.3 is 10.1 Å². The topological polar surface area (TPSA) is 24.5 Å². The summed E-state index contributed by atoms with van der Waals surface area (Å²) >= 11 is 0. The minimum Gasteiger partial charge on any atom is -0.488 e. The van der Waals surface area contributed by atoms with Gasteiger partial charge in [0.05, 0.1) is 0 Å². The molecule has 1 saturated heterocycles. The van der Waals surface area contributed by atoms with Crippen LogP contribution in [0.25, 0.3) is 0 Å². The molecule has 3 nitrogen and oxygen atoms in total. The van der Waals surface area contributed by atoms with Crippen LogP contribution < -0.4 is 10.1 Å². The molecule has 130 valence electrons. The maximum absolute atomic E-state index is 5.96.